The van der Waals surface area contributed by atoms with Crippen molar-refractivity contribution in [2.45, 2.75) is 26.3 Å². The van der Waals surface area contributed by atoms with Gasteiger partial charge in [0, 0.05) is 17.3 Å². The molecule has 2 aromatic heterocycles. The van der Waals surface area contributed by atoms with Gasteiger partial charge in [-0.3, -0.25) is 14.0 Å². The maximum atomic E-state index is 12.2. The molecule has 0 bridgehead atoms. The molecule has 0 saturated heterocycles. The van der Waals surface area contributed by atoms with Crippen LogP contribution < -0.4 is 10.9 Å². The van der Waals surface area contributed by atoms with Gasteiger partial charge in [0.25, 0.3) is 11.5 Å². The van der Waals surface area contributed by atoms with E-state index in [1.807, 2.05) is 6.92 Å². The number of nitrogens with zero attached hydrogens (tertiary/aromatic N) is 2. The highest BCUT2D eigenvalue weighted by Gasteiger charge is 2.22. The third-order valence-electron chi connectivity index (χ3n) is 2.61. The SMILES string of the molecule is Cc1cn2c(=O)c(C(=O)NC(C)(C)CO)cnc2s1. The van der Waals surface area contributed by atoms with Gasteiger partial charge in [0.15, 0.2) is 4.96 Å². The van der Waals surface area contributed by atoms with E-state index in [-0.39, 0.29) is 12.2 Å². The molecule has 2 heterocycles. The normalized spacial score (nSPS) is 11.8. The van der Waals surface area contributed by atoms with Gasteiger partial charge in [0.2, 0.25) is 0 Å². The number of aromatic nitrogens is 2. The third-order valence-corrected chi connectivity index (χ3v) is 3.53. The van der Waals surface area contributed by atoms with Crippen molar-refractivity contribution in [3.05, 3.63) is 33.2 Å². The number of fused-ring (bicyclic) bond motifs is 1. The molecule has 0 aliphatic heterocycles. The van der Waals surface area contributed by atoms with Crippen LogP contribution in [0.3, 0.4) is 0 Å². The average Bonchev–Trinajstić information content (AvgIpc) is 2.70. The highest BCUT2D eigenvalue weighted by molar-refractivity contribution is 7.16. The summed E-state index contributed by atoms with van der Waals surface area (Å²) < 4.78 is 1.36. The number of carbonyl (C=O) groups is 1. The minimum absolute atomic E-state index is 0.0307. The first kappa shape index (κ1) is 13.7. The molecule has 0 atom stereocenters. The van der Waals surface area contributed by atoms with Crippen LogP contribution in [0.15, 0.2) is 17.2 Å². The molecule has 7 heteroatoms. The van der Waals surface area contributed by atoms with Crippen LogP contribution in [0.2, 0.25) is 0 Å². The van der Waals surface area contributed by atoms with E-state index in [1.54, 1.807) is 20.0 Å². The van der Waals surface area contributed by atoms with E-state index in [2.05, 4.69) is 10.3 Å². The second-order valence-electron chi connectivity index (χ2n) is 4.97. The number of thiazole rings is 1. The number of rotatable bonds is 3. The summed E-state index contributed by atoms with van der Waals surface area (Å²) in [4.78, 5) is 29.8. The van der Waals surface area contributed by atoms with Crippen molar-refractivity contribution < 1.29 is 9.90 Å². The van der Waals surface area contributed by atoms with Crippen molar-refractivity contribution in [1.29, 1.82) is 0 Å². The fourth-order valence-electron chi connectivity index (χ4n) is 1.57. The lowest BCUT2D eigenvalue weighted by Gasteiger charge is -2.23. The summed E-state index contributed by atoms with van der Waals surface area (Å²) >= 11 is 1.38. The first-order valence-electron chi connectivity index (χ1n) is 5.75. The lowest BCUT2D eigenvalue weighted by Crippen LogP contribution is -2.47. The first-order valence-corrected chi connectivity index (χ1v) is 6.57. The van der Waals surface area contributed by atoms with Gasteiger partial charge in [-0.1, -0.05) is 0 Å². The van der Waals surface area contributed by atoms with Gasteiger partial charge in [-0.15, -0.1) is 11.3 Å². The fraction of sp³-hybridized carbons (Fsp3) is 0.417. The monoisotopic (exact) mass is 281 g/mol. The molecule has 1 amide bonds. The zero-order valence-electron chi connectivity index (χ0n) is 10.9. The predicted molar refractivity (Wildman–Crippen MR) is 72.7 cm³/mol. The molecular weight excluding hydrogens is 266 g/mol. The maximum absolute atomic E-state index is 12.2. The molecule has 19 heavy (non-hydrogen) atoms. The summed E-state index contributed by atoms with van der Waals surface area (Å²) in [5, 5.41) is 11.7. The molecule has 2 N–H and O–H groups in total. The standard InChI is InChI=1S/C12H15N3O3S/c1-7-5-15-10(18)8(4-13-11(15)19-7)9(17)14-12(2,3)6-16/h4-5,16H,6H2,1-3H3,(H,14,17). The van der Waals surface area contributed by atoms with Crippen LogP contribution in [0.1, 0.15) is 29.1 Å². The van der Waals surface area contributed by atoms with Crippen LogP contribution in [0.4, 0.5) is 0 Å². The smallest absolute Gasteiger partial charge is 0.271 e. The Bertz CT molecular complexity index is 687. The van der Waals surface area contributed by atoms with Gasteiger partial charge in [0.1, 0.15) is 5.56 Å². The van der Waals surface area contributed by atoms with E-state index < -0.39 is 17.0 Å². The molecular formula is C12H15N3O3S. The van der Waals surface area contributed by atoms with Crippen molar-refractivity contribution in [2.75, 3.05) is 6.61 Å². The van der Waals surface area contributed by atoms with Crippen molar-refractivity contribution in [3.63, 3.8) is 0 Å². The molecule has 0 fully saturated rings. The van der Waals surface area contributed by atoms with Gasteiger partial charge in [-0.25, -0.2) is 4.98 Å². The highest BCUT2D eigenvalue weighted by atomic mass is 32.1. The quantitative estimate of drug-likeness (QED) is 0.861. The Kier molecular flexibility index (Phi) is 3.42. The van der Waals surface area contributed by atoms with Gasteiger partial charge in [-0.05, 0) is 20.8 Å². The number of amides is 1. The summed E-state index contributed by atoms with van der Waals surface area (Å²) in [7, 11) is 0. The second kappa shape index (κ2) is 4.75. The number of hydrogen-bond donors (Lipinski definition) is 2. The van der Waals surface area contributed by atoms with Crippen LogP contribution in [0.5, 0.6) is 0 Å². The average molecular weight is 281 g/mol. The molecule has 2 rings (SSSR count). The zero-order valence-corrected chi connectivity index (χ0v) is 11.7. The number of hydrogen-bond acceptors (Lipinski definition) is 5. The van der Waals surface area contributed by atoms with E-state index in [4.69, 9.17) is 5.11 Å². The molecule has 0 unspecified atom stereocenters. The van der Waals surface area contributed by atoms with Gasteiger partial charge < -0.3 is 10.4 Å². The van der Waals surface area contributed by atoms with Crippen molar-refractivity contribution in [3.8, 4) is 0 Å². The van der Waals surface area contributed by atoms with Crippen LogP contribution in [-0.4, -0.2) is 32.5 Å². The lowest BCUT2D eigenvalue weighted by atomic mass is 10.1. The van der Waals surface area contributed by atoms with Gasteiger partial charge >= 0.3 is 0 Å². The molecule has 0 spiro atoms. The second-order valence-corrected chi connectivity index (χ2v) is 6.18. The number of aliphatic hydroxyl groups is 1. The Morgan fingerprint density at radius 3 is 2.89 bits per heavy atom. The lowest BCUT2D eigenvalue weighted by molar-refractivity contribution is 0.0867. The van der Waals surface area contributed by atoms with Crippen LogP contribution in [-0.2, 0) is 0 Å². The van der Waals surface area contributed by atoms with Gasteiger partial charge in [-0.2, -0.15) is 0 Å². The topological polar surface area (TPSA) is 83.7 Å². The van der Waals surface area contributed by atoms with Crippen molar-refractivity contribution in [1.82, 2.24) is 14.7 Å². The number of aliphatic hydroxyl groups excluding tert-OH is 1. The summed E-state index contributed by atoms with van der Waals surface area (Å²) in [5.41, 5.74) is -1.22. The predicted octanol–water partition coefficient (Wildman–Crippen LogP) is 0.565. The van der Waals surface area contributed by atoms with E-state index in [1.165, 1.54) is 21.9 Å². The first-order chi connectivity index (χ1) is 8.84. The van der Waals surface area contributed by atoms with Crippen LogP contribution in [0.25, 0.3) is 4.96 Å². The molecule has 2 aromatic rings. The number of nitrogens with one attached hydrogen (secondary N) is 1. The molecule has 0 radical (unpaired) electrons. The van der Waals surface area contributed by atoms with Crippen molar-refractivity contribution in [2.24, 2.45) is 0 Å². The fourth-order valence-corrected chi connectivity index (χ4v) is 2.35. The summed E-state index contributed by atoms with van der Waals surface area (Å²) in [6.45, 7) is 4.99. The summed E-state index contributed by atoms with van der Waals surface area (Å²) in [6.07, 6.45) is 2.93. The number of aryl methyl sites for hydroxylation is 1. The van der Waals surface area contributed by atoms with E-state index in [0.29, 0.717) is 4.96 Å². The van der Waals surface area contributed by atoms with Gasteiger partial charge in [0.05, 0.1) is 12.1 Å². The Morgan fingerprint density at radius 2 is 2.26 bits per heavy atom. The summed E-state index contributed by atoms with van der Waals surface area (Å²) in [6, 6.07) is 0. The molecule has 6 nitrogen and oxygen atoms in total. The van der Waals surface area contributed by atoms with E-state index >= 15 is 0 Å². The Labute approximate surface area is 113 Å². The molecule has 102 valence electrons. The van der Waals surface area contributed by atoms with E-state index in [9.17, 15) is 9.59 Å². The maximum Gasteiger partial charge on any atom is 0.271 e. The third kappa shape index (κ3) is 2.66. The summed E-state index contributed by atoms with van der Waals surface area (Å²) in [5.74, 6) is -0.533. The van der Waals surface area contributed by atoms with Crippen LogP contribution in [0, 0.1) is 6.92 Å². The van der Waals surface area contributed by atoms with Crippen molar-refractivity contribution >= 4 is 22.2 Å². The Morgan fingerprint density at radius 1 is 1.58 bits per heavy atom. The molecule has 0 saturated carbocycles. The molecule has 0 aliphatic rings. The molecule has 0 aromatic carbocycles. The number of carbonyl (C=O) groups excluding carboxylic acids is 1. The molecule has 0 aliphatic carbocycles. The minimum atomic E-state index is -0.784. The Hall–Kier alpha value is -1.73. The zero-order chi connectivity index (χ0) is 14.2. The van der Waals surface area contributed by atoms with Crippen LogP contribution >= 0.6 is 11.3 Å². The highest BCUT2D eigenvalue weighted by Crippen LogP contribution is 2.12. The van der Waals surface area contributed by atoms with E-state index in [0.717, 1.165) is 4.88 Å². The minimum Gasteiger partial charge on any atom is -0.394 e. The largest absolute Gasteiger partial charge is 0.394 e. The Balaban J connectivity index is 2.43.